The van der Waals surface area contributed by atoms with Crippen molar-refractivity contribution in [3.63, 3.8) is 0 Å². The number of rotatable bonds is 8. The molecule has 9 nitrogen and oxygen atoms in total. The van der Waals surface area contributed by atoms with Gasteiger partial charge in [-0.1, -0.05) is 0 Å². The molecule has 0 aromatic heterocycles. The highest BCUT2D eigenvalue weighted by Gasteiger charge is 2.27. The second-order valence-corrected chi connectivity index (χ2v) is 8.04. The Morgan fingerprint density at radius 3 is 2.16 bits per heavy atom. The van der Waals surface area contributed by atoms with Gasteiger partial charge in [-0.2, -0.15) is 0 Å². The van der Waals surface area contributed by atoms with Crippen LogP contribution >= 0.6 is 0 Å². The highest BCUT2D eigenvalue weighted by molar-refractivity contribution is 8.06. The van der Waals surface area contributed by atoms with E-state index in [0.717, 1.165) is 7.11 Å². The third kappa shape index (κ3) is 8.51. The number of sulfone groups is 1. The molecule has 0 rings (SSSR count). The standard InChI is InChI=1S/C8H15NO8S2/c1-17-7(10)4-3-6(8(11)12)9-19(15,16)5-18(2,13)14/h6,9H,3-5H2,1-2H3,(H,11,12). The number of carbonyl (C=O) groups excluding carboxylic acids is 1. The summed E-state index contributed by atoms with van der Waals surface area (Å²) in [4.78, 5) is 21.7. The van der Waals surface area contributed by atoms with Gasteiger partial charge in [0, 0.05) is 12.7 Å². The smallest absolute Gasteiger partial charge is 0.321 e. The molecule has 2 N–H and O–H groups in total. The number of hydrogen-bond acceptors (Lipinski definition) is 7. The van der Waals surface area contributed by atoms with Crippen molar-refractivity contribution in [1.82, 2.24) is 4.72 Å². The zero-order valence-corrected chi connectivity index (χ0v) is 12.0. The summed E-state index contributed by atoms with van der Waals surface area (Å²) in [7, 11) is -7.03. The fraction of sp³-hybridized carbons (Fsp3) is 0.750. The predicted molar refractivity (Wildman–Crippen MR) is 64.4 cm³/mol. The molecule has 0 bridgehead atoms. The molecule has 0 saturated carbocycles. The number of methoxy groups -OCH3 is 1. The molecule has 0 saturated heterocycles. The van der Waals surface area contributed by atoms with Crippen LogP contribution < -0.4 is 4.72 Å². The molecule has 1 unspecified atom stereocenters. The number of nitrogens with one attached hydrogen (secondary N) is 1. The van der Waals surface area contributed by atoms with Crippen molar-refractivity contribution in [3.05, 3.63) is 0 Å². The number of esters is 1. The molecule has 11 heteroatoms. The Labute approximate surface area is 110 Å². The lowest BCUT2D eigenvalue weighted by molar-refractivity contribution is -0.142. The van der Waals surface area contributed by atoms with Crippen LogP contribution in [0.1, 0.15) is 12.8 Å². The maximum absolute atomic E-state index is 11.4. The number of carbonyl (C=O) groups is 2. The van der Waals surface area contributed by atoms with Crippen molar-refractivity contribution >= 4 is 31.8 Å². The van der Waals surface area contributed by atoms with E-state index in [1.165, 1.54) is 0 Å². The quantitative estimate of drug-likeness (QED) is 0.505. The highest BCUT2D eigenvalue weighted by atomic mass is 32.3. The molecular formula is C8H15NO8S2. The zero-order valence-electron chi connectivity index (χ0n) is 10.3. The van der Waals surface area contributed by atoms with E-state index < -0.39 is 42.9 Å². The number of carboxylic acid groups (broad SMARTS) is 1. The lowest BCUT2D eigenvalue weighted by atomic mass is 10.2. The van der Waals surface area contributed by atoms with Crippen LogP contribution in [0.5, 0.6) is 0 Å². The third-order valence-electron chi connectivity index (χ3n) is 1.85. The molecule has 0 aliphatic heterocycles. The van der Waals surface area contributed by atoms with Crippen molar-refractivity contribution in [3.8, 4) is 0 Å². The minimum Gasteiger partial charge on any atom is -0.480 e. The van der Waals surface area contributed by atoms with Gasteiger partial charge in [-0.15, -0.1) is 0 Å². The van der Waals surface area contributed by atoms with Crippen LogP contribution in [-0.2, 0) is 34.2 Å². The van der Waals surface area contributed by atoms with Crippen LogP contribution in [0.25, 0.3) is 0 Å². The van der Waals surface area contributed by atoms with Crippen molar-refractivity contribution in [2.24, 2.45) is 0 Å². The van der Waals surface area contributed by atoms with Crippen LogP contribution in [0, 0.1) is 0 Å². The average Bonchev–Trinajstić information content (AvgIpc) is 2.19. The number of aliphatic carboxylic acids is 1. The van der Waals surface area contributed by atoms with E-state index in [2.05, 4.69) is 4.74 Å². The fourth-order valence-corrected chi connectivity index (χ4v) is 4.31. The molecule has 0 radical (unpaired) electrons. The first-order valence-corrected chi connectivity index (χ1v) is 8.65. The highest BCUT2D eigenvalue weighted by Crippen LogP contribution is 2.03. The summed E-state index contributed by atoms with van der Waals surface area (Å²) in [5.41, 5.74) is 0. The minimum atomic E-state index is -4.31. The second kappa shape index (κ2) is 6.82. The first-order chi connectivity index (χ1) is 8.47. The van der Waals surface area contributed by atoms with Gasteiger partial charge in [0.1, 0.15) is 6.04 Å². The Kier molecular flexibility index (Phi) is 6.39. The van der Waals surface area contributed by atoms with Crippen LogP contribution in [-0.4, -0.2) is 58.4 Å². The third-order valence-corrected chi connectivity index (χ3v) is 5.45. The van der Waals surface area contributed by atoms with Gasteiger partial charge in [-0.3, -0.25) is 9.59 Å². The summed E-state index contributed by atoms with van der Waals surface area (Å²) >= 11 is 0. The topological polar surface area (TPSA) is 144 Å². The molecule has 0 heterocycles. The van der Waals surface area contributed by atoms with E-state index in [1.807, 2.05) is 0 Å². The van der Waals surface area contributed by atoms with Gasteiger partial charge in [-0.05, 0) is 6.42 Å². The summed E-state index contributed by atoms with van der Waals surface area (Å²) < 4.78 is 50.6. The van der Waals surface area contributed by atoms with Crippen molar-refractivity contribution in [2.75, 3.05) is 18.5 Å². The van der Waals surface area contributed by atoms with Crippen LogP contribution in [0.3, 0.4) is 0 Å². The van der Waals surface area contributed by atoms with E-state index in [-0.39, 0.29) is 12.8 Å². The lowest BCUT2D eigenvalue weighted by Gasteiger charge is -2.13. The van der Waals surface area contributed by atoms with Crippen LogP contribution in [0.2, 0.25) is 0 Å². The predicted octanol–water partition coefficient (Wildman–Crippen LogP) is -1.69. The molecule has 0 aromatic rings. The van der Waals surface area contributed by atoms with Crippen LogP contribution in [0.4, 0.5) is 0 Å². The van der Waals surface area contributed by atoms with Crippen molar-refractivity contribution < 1.29 is 36.3 Å². The van der Waals surface area contributed by atoms with Gasteiger partial charge in [-0.25, -0.2) is 21.6 Å². The minimum absolute atomic E-state index is 0.311. The van der Waals surface area contributed by atoms with Crippen molar-refractivity contribution in [1.29, 1.82) is 0 Å². The van der Waals surface area contributed by atoms with Gasteiger partial charge in [0.15, 0.2) is 14.9 Å². The molecule has 0 aliphatic carbocycles. The monoisotopic (exact) mass is 317 g/mol. The van der Waals surface area contributed by atoms with Gasteiger partial charge in [0.05, 0.1) is 7.11 Å². The zero-order chi connectivity index (χ0) is 15.3. The molecule has 0 aliphatic rings. The molecule has 0 fully saturated rings. The number of hydrogen-bond donors (Lipinski definition) is 2. The van der Waals surface area contributed by atoms with E-state index in [0.29, 0.717) is 6.26 Å². The first kappa shape index (κ1) is 17.8. The second-order valence-electron chi connectivity index (χ2n) is 3.78. The number of carboxylic acids is 1. The summed E-state index contributed by atoms with van der Waals surface area (Å²) in [5, 5.41) is 7.57. The first-order valence-electron chi connectivity index (χ1n) is 4.94. The van der Waals surface area contributed by atoms with Gasteiger partial charge >= 0.3 is 11.9 Å². The molecule has 0 spiro atoms. The summed E-state index contributed by atoms with van der Waals surface area (Å²) in [5.74, 6) is -2.21. The summed E-state index contributed by atoms with van der Waals surface area (Å²) in [6.07, 6.45) is 0.0519. The Bertz CT molecular complexity index is 535. The molecule has 1 atom stereocenters. The SMILES string of the molecule is COC(=O)CCC(NS(=O)(=O)CS(C)(=O)=O)C(=O)O. The number of sulfonamides is 1. The maximum atomic E-state index is 11.4. The van der Waals surface area contributed by atoms with E-state index in [4.69, 9.17) is 5.11 Å². The molecule has 0 aromatic carbocycles. The molecule has 112 valence electrons. The summed E-state index contributed by atoms with van der Waals surface area (Å²) in [6, 6.07) is -1.59. The largest absolute Gasteiger partial charge is 0.480 e. The van der Waals surface area contributed by atoms with Crippen molar-refractivity contribution in [2.45, 2.75) is 18.9 Å². The average molecular weight is 317 g/mol. The molecule has 0 amide bonds. The number of ether oxygens (including phenoxy) is 1. The Morgan fingerprint density at radius 1 is 1.26 bits per heavy atom. The van der Waals surface area contributed by atoms with E-state index in [9.17, 15) is 26.4 Å². The Hall–Kier alpha value is -1.20. The van der Waals surface area contributed by atoms with Gasteiger partial charge in [0.2, 0.25) is 10.0 Å². The Morgan fingerprint density at radius 2 is 1.79 bits per heavy atom. The van der Waals surface area contributed by atoms with Gasteiger partial charge < -0.3 is 9.84 Å². The maximum Gasteiger partial charge on any atom is 0.321 e. The fourth-order valence-electron chi connectivity index (χ4n) is 1.13. The lowest BCUT2D eigenvalue weighted by Crippen LogP contribution is -2.43. The van der Waals surface area contributed by atoms with Gasteiger partial charge in [0.25, 0.3) is 0 Å². The van der Waals surface area contributed by atoms with E-state index in [1.54, 1.807) is 4.72 Å². The van der Waals surface area contributed by atoms with E-state index >= 15 is 0 Å². The molecule has 19 heavy (non-hydrogen) atoms. The van der Waals surface area contributed by atoms with Crippen LogP contribution in [0.15, 0.2) is 0 Å². The molecular weight excluding hydrogens is 302 g/mol. The normalized spacial score (nSPS) is 13.8. The Balaban J connectivity index is 4.76. The summed E-state index contributed by atoms with van der Waals surface area (Å²) in [6.45, 7) is 0.